The zero-order chi connectivity index (χ0) is 24.9. The quantitative estimate of drug-likeness (QED) is 0.430. The monoisotopic (exact) mass is 467 g/mol. The van der Waals surface area contributed by atoms with Crippen LogP contribution in [0, 0.1) is 6.92 Å². The van der Waals surface area contributed by atoms with Gasteiger partial charge < -0.3 is 25.8 Å². The predicted molar refractivity (Wildman–Crippen MR) is 128 cm³/mol. The third-order valence-corrected chi connectivity index (χ3v) is 5.96. The number of rotatable bonds is 11. The second-order valence-corrected chi connectivity index (χ2v) is 8.99. The van der Waals surface area contributed by atoms with Gasteiger partial charge in [0, 0.05) is 6.42 Å². The minimum Gasteiger partial charge on any atom is -0.496 e. The number of ether oxygens (including phenoxy) is 2. The Balaban J connectivity index is 1.82. The number of aryl methyl sites for hydroxylation is 1. The molecule has 4 atom stereocenters. The summed E-state index contributed by atoms with van der Waals surface area (Å²) in [5.41, 5.74) is 7.49. The van der Waals surface area contributed by atoms with Gasteiger partial charge in [0.05, 0.1) is 25.8 Å². The van der Waals surface area contributed by atoms with Crippen molar-refractivity contribution < 1.29 is 23.9 Å². The fourth-order valence-electron chi connectivity index (χ4n) is 3.77. The highest BCUT2D eigenvalue weighted by molar-refractivity contribution is 5.98. The maximum atomic E-state index is 13.4. The van der Waals surface area contributed by atoms with E-state index >= 15 is 0 Å². The highest BCUT2D eigenvalue weighted by Gasteiger charge is 2.50. The van der Waals surface area contributed by atoms with Gasteiger partial charge >= 0.3 is 0 Å². The Bertz CT molecular complexity index is 1030. The van der Waals surface area contributed by atoms with Crippen molar-refractivity contribution in [3.8, 4) is 5.75 Å². The summed E-state index contributed by atoms with van der Waals surface area (Å²) >= 11 is 0. The van der Waals surface area contributed by atoms with Gasteiger partial charge in [-0.05, 0) is 49.9 Å². The van der Waals surface area contributed by atoms with Gasteiger partial charge in [-0.3, -0.25) is 14.4 Å². The number of Topliss-reactive ketones (excluding diaryl/α,β-unsaturated/α-hetero) is 1. The molecular weight excluding hydrogens is 434 g/mol. The van der Waals surface area contributed by atoms with E-state index in [1.54, 1.807) is 21.0 Å². The van der Waals surface area contributed by atoms with E-state index in [1.807, 2.05) is 55.5 Å². The Hall–Kier alpha value is -3.23. The molecule has 1 heterocycles. The number of hydrogen-bond donors (Lipinski definition) is 3. The molecule has 2 amide bonds. The number of amides is 2. The molecule has 0 aromatic heterocycles. The third kappa shape index (κ3) is 6.42. The summed E-state index contributed by atoms with van der Waals surface area (Å²) in [7, 11) is 1.59. The van der Waals surface area contributed by atoms with Gasteiger partial charge in [-0.1, -0.05) is 42.5 Å². The lowest BCUT2D eigenvalue weighted by molar-refractivity contribution is -0.133. The molecule has 182 valence electrons. The zero-order valence-corrected chi connectivity index (χ0v) is 20.1. The fourth-order valence-corrected chi connectivity index (χ4v) is 3.77. The molecule has 1 aliphatic heterocycles. The summed E-state index contributed by atoms with van der Waals surface area (Å²) in [6.45, 7) is 5.50. The van der Waals surface area contributed by atoms with E-state index in [9.17, 15) is 14.4 Å². The maximum Gasteiger partial charge on any atom is 0.243 e. The molecule has 1 aliphatic rings. The normalized spacial score (nSPS) is 19.4. The SMILES string of the molecule is COc1ccc(C[C@H](NC(=O)C(C)N)C(=O)NC(Cc2ccccc2)C(=O)C2(C)CO2)cc1C. The summed E-state index contributed by atoms with van der Waals surface area (Å²) in [6.07, 6.45) is 0.551. The van der Waals surface area contributed by atoms with Gasteiger partial charge in [0.2, 0.25) is 11.8 Å². The standard InChI is InChI=1S/C26H33N3O5/c1-16-12-19(10-11-22(16)33-4)14-21(29-24(31)17(2)27)25(32)28-20(23(30)26(3)15-34-26)13-18-8-6-5-7-9-18/h5-12,17,20-21H,13-15,27H2,1-4H3,(H,28,32)(H,29,31)/t17?,20?,21-,26?/m0/s1. The van der Waals surface area contributed by atoms with Gasteiger partial charge in [0.1, 0.15) is 17.4 Å². The van der Waals surface area contributed by atoms with Crippen LogP contribution in [0.2, 0.25) is 0 Å². The number of benzene rings is 2. The van der Waals surface area contributed by atoms with Crippen LogP contribution >= 0.6 is 0 Å². The average molecular weight is 468 g/mol. The van der Waals surface area contributed by atoms with E-state index in [2.05, 4.69) is 10.6 Å². The van der Waals surface area contributed by atoms with Crippen LogP contribution in [0.15, 0.2) is 48.5 Å². The number of nitrogens with one attached hydrogen (secondary N) is 2. The first kappa shape index (κ1) is 25.4. The molecule has 34 heavy (non-hydrogen) atoms. The number of methoxy groups -OCH3 is 1. The van der Waals surface area contributed by atoms with E-state index < -0.39 is 35.5 Å². The first-order valence-electron chi connectivity index (χ1n) is 11.3. The van der Waals surface area contributed by atoms with Crippen LogP contribution in [0.4, 0.5) is 0 Å². The van der Waals surface area contributed by atoms with E-state index in [-0.39, 0.29) is 12.2 Å². The van der Waals surface area contributed by atoms with Crippen LogP contribution in [-0.4, -0.2) is 55.0 Å². The molecule has 0 saturated carbocycles. The van der Waals surface area contributed by atoms with Crippen molar-refractivity contribution in [3.63, 3.8) is 0 Å². The molecule has 8 heteroatoms. The Morgan fingerprint density at radius 1 is 1.03 bits per heavy atom. The van der Waals surface area contributed by atoms with Gasteiger partial charge in [-0.15, -0.1) is 0 Å². The molecule has 0 bridgehead atoms. The molecule has 4 N–H and O–H groups in total. The molecule has 0 aliphatic carbocycles. The van der Waals surface area contributed by atoms with Crippen LogP contribution in [0.25, 0.3) is 0 Å². The van der Waals surface area contributed by atoms with Crippen molar-refractivity contribution in [2.24, 2.45) is 5.73 Å². The van der Waals surface area contributed by atoms with Crippen LogP contribution < -0.4 is 21.1 Å². The number of carbonyl (C=O) groups is 3. The molecular formula is C26H33N3O5. The summed E-state index contributed by atoms with van der Waals surface area (Å²) < 4.78 is 10.7. The van der Waals surface area contributed by atoms with Crippen molar-refractivity contribution >= 4 is 17.6 Å². The summed E-state index contributed by atoms with van der Waals surface area (Å²) in [4.78, 5) is 38.9. The number of epoxide rings is 1. The van der Waals surface area contributed by atoms with Crippen LogP contribution in [0.3, 0.4) is 0 Å². The molecule has 2 aromatic carbocycles. The molecule has 0 spiro atoms. The second kappa shape index (κ2) is 10.8. The van der Waals surface area contributed by atoms with E-state index in [1.165, 1.54) is 0 Å². The lowest BCUT2D eigenvalue weighted by Gasteiger charge is -2.25. The van der Waals surface area contributed by atoms with Gasteiger partial charge in [-0.25, -0.2) is 0 Å². The minimum absolute atomic E-state index is 0.192. The Kier molecular flexibility index (Phi) is 8.06. The third-order valence-electron chi connectivity index (χ3n) is 5.96. The van der Waals surface area contributed by atoms with Crippen molar-refractivity contribution in [1.29, 1.82) is 0 Å². The molecule has 1 saturated heterocycles. The van der Waals surface area contributed by atoms with Crippen LogP contribution in [0.5, 0.6) is 5.75 Å². The lowest BCUT2D eigenvalue weighted by atomic mass is 9.94. The van der Waals surface area contributed by atoms with Gasteiger partial charge in [0.15, 0.2) is 5.78 Å². The molecule has 0 radical (unpaired) electrons. The largest absolute Gasteiger partial charge is 0.496 e. The first-order chi connectivity index (χ1) is 16.1. The molecule has 2 aromatic rings. The predicted octanol–water partition coefficient (Wildman–Crippen LogP) is 1.46. The van der Waals surface area contributed by atoms with E-state index in [0.717, 1.165) is 22.4 Å². The lowest BCUT2D eigenvalue weighted by Crippen LogP contribution is -2.56. The van der Waals surface area contributed by atoms with Gasteiger partial charge in [0.25, 0.3) is 0 Å². The number of ketones is 1. The number of hydrogen-bond acceptors (Lipinski definition) is 6. The second-order valence-electron chi connectivity index (χ2n) is 8.99. The van der Waals surface area contributed by atoms with Crippen molar-refractivity contribution in [2.45, 2.75) is 57.3 Å². The topological polar surface area (TPSA) is 123 Å². The van der Waals surface area contributed by atoms with Crippen LogP contribution in [-0.2, 0) is 32.0 Å². The molecule has 3 rings (SSSR count). The van der Waals surface area contributed by atoms with E-state index in [0.29, 0.717) is 13.0 Å². The highest BCUT2D eigenvalue weighted by atomic mass is 16.6. The zero-order valence-electron chi connectivity index (χ0n) is 20.1. The summed E-state index contributed by atoms with van der Waals surface area (Å²) in [5.74, 6) is -0.368. The molecule has 1 fully saturated rings. The van der Waals surface area contributed by atoms with Crippen molar-refractivity contribution in [1.82, 2.24) is 10.6 Å². The van der Waals surface area contributed by atoms with Crippen molar-refractivity contribution in [3.05, 3.63) is 65.2 Å². The Labute approximate surface area is 200 Å². The Morgan fingerprint density at radius 3 is 2.21 bits per heavy atom. The Morgan fingerprint density at radius 2 is 1.65 bits per heavy atom. The average Bonchev–Trinajstić information content (AvgIpc) is 3.56. The minimum atomic E-state index is -0.912. The highest BCUT2D eigenvalue weighted by Crippen LogP contribution is 2.29. The smallest absolute Gasteiger partial charge is 0.243 e. The summed E-state index contributed by atoms with van der Waals surface area (Å²) in [5, 5.41) is 5.59. The van der Waals surface area contributed by atoms with Crippen molar-refractivity contribution in [2.75, 3.05) is 13.7 Å². The first-order valence-corrected chi connectivity index (χ1v) is 11.3. The molecule has 8 nitrogen and oxygen atoms in total. The van der Waals surface area contributed by atoms with Gasteiger partial charge in [-0.2, -0.15) is 0 Å². The number of carbonyl (C=O) groups excluding carboxylic acids is 3. The maximum absolute atomic E-state index is 13.4. The van der Waals surface area contributed by atoms with Crippen LogP contribution in [0.1, 0.15) is 30.5 Å². The number of nitrogens with two attached hydrogens (primary N) is 1. The fraction of sp³-hybridized carbons (Fsp3) is 0.423. The van der Waals surface area contributed by atoms with E-state index in [4.69, 9.17) is 15.2 Å². The summed E-state index contributed by atoms with van der Waals surface area (Å²) in [6, 6.07) is 12.5. The molecule has 3 unspecified atom stereocenters.